The number of hydrogen-bond acceptors (Lipinski definition) is 6. The molecule has 2 rings (SSSR count). The van der Waals surface area contributed by atoms with E-state index in [0.29, 0.717) is 17.2 Å². The summed E-state index contributed by atoms with van der Waals surface area (Å²) in [6.45, 7) is 1.61. The second-order valence-corrected chi connectivity index (χ2v) is 5.00. The third-order valence-electron chi connectivity index (χ3n) is 3.80. The molecule has 7 nitrogen and oxygen atoms in total. The van der Waals surface area contributed by atoms with E-state index in [1.54, 1.807) is 6.07 Å². The molecule has 1 fully saturated rings. The Bertz CT molecular complexity index is 521. The summed E-state index contributed by atoms with van der Waals surface area (Å²) in [5.41, 5.74) is 0.644. The predicted molar refractivity (Wildman–Crippen MR) is 80.5 cm³/mol. The van der Waals surface area contributed by atoms with Gasteiger partial charge in [0.05, 0.1) is 25.2 Å². The molecule has 1 saturated heterocycles. The smallest absolute Gasteiger partial charge is 0.296 e. The lowest BCUT2D eigenvalue weighted by Crippen LogP contribution is -2.37. The standard InChI is InChI=1S/C14H21N3O4/c1-15-9-10-5-4-6-16(10)11-7-13(20-2)14(21-3)8-12(11)17(18)19/h7-8,10,15H,4-6,9H2,1-3H3. The first-order valence-electron chi connectivity index (χ1n) is 6.94. The molecule has 0 aromatic heterocycles. The van der Waals surface area contributed by atoms with Crippen molar-refractivity contribution in [2.24, 2.45) is 0 Å². The van der Waals surface area contributed by atoms with Gasteiger partial charge in [-0.15, -0.1) is 0 Å². The molecule has 0 bridgehead atoms. The lowest BCUT2D eigenvalue weighted by Gasteiger charge is -2.27. The van der Waals surface area contributed by atoms with Gasteiger partial charge in [-0.1, -0.05) is 0 Å². The number of ether oxygens (including phenoxy) is 2. The van der Waals surface area contributed by atoms with Crippen molar-refractivity contribution >= 4 is 11.4 Å². The number of nitro groups is 1. The number of nitrogens with zero attached hydrogens (tertiary/aromatic N) is 2. The van der Waals surface area contributed by atoms with Crippen molar-refractivity contribution in [2.75, 3.05) is 39.3 Å². The van der Waals surface area contributed by atoms with Crippen LogP contribution < -0.4 is 19.7 Å². The summed E-state index contributed by atoms with van der Waals surface area (Å²) in [7, 11) is 4.89. The first kappa shape index (κ1) is 15.4. The van der Waals surface area contributed by atoms with Crippen molar-refractivity contribution in [1.82, 2.24) is 5.32 Å². The van der Waals surface area contributed by atoms with E-state index in [4.69, 9.17) is 9.47 Å². The lowest BCUT2D eigenvalue weighted by atomic mass is 10.1. The fraction of sp³-hybridized carbons (Fsp3) is 0.571. The normalized spacial score (nSPS) is 17.9. The van der Waals surface area contributed by atoms with E-state index in [1.807, 2.05) is 7.05 Å². The van der Waals surface area contributed by atoms with Crippen molar-refractivity contribution in [3.8, 4) is 11.5 Å². The monoisotopic (exact) mass is 295 g/mol. The summed E-state index contributed by atoms with van der Waals surface area (Å²) in [6.07, 6.45) is 2.05. The van der Waals surface area contributed by atoms with Crippen molar-refractivity contribution in [3.05, 3.63) is 22.2 Å². The molecule has 1 aliphatic heterocycles. The maximum Gasteiger partial charge on any atom is 0.296 e. The number of likely N-dealkylation sites (N-methyl/N-ethyl adjacent to an activating group) is 1. The maximum atomic E-state index is 11.4. The van der Waals surface area contributed by atoms with Crippen LogP contribution in [0.3, 0.4) is 0 Å². The average Bonchev–Trinajstić information content (AvgIpc) is 2.94. The summed E-state index contributed by atoms with van der Waals surface area (Å²) in [6, 6.07) is 3.39. The number of methoxy groups -OCH3 is 2. The van der Waals surface area contributed by atoms with Crippen LogP contribution in [0, 0.1) is 10.1 Å². The Morgan fingerprint density at radius 2 is 2.05 bits per heavy atom. The molecule has 0 saturated carbocycles. The summed E-state index contributed by atoms with van der Waals surface area (Å²) in [5.74, 6) is 0.880. The topological polar surface area (TPSA) is 76.9 Å². The molecule has 1 heterocycles. The molecule has 21 heavy (non-hydrogen) atoms. The first-order chi connectivity index (χ1) is 10.1. The van der Waals surface area contributed by atoms with Crippen molar-refractivity contribution in [1.29, 1.82) is 0 Å². The highest BCUT2D eigenvalue weighted by Gasteiger charge is 2.31. The van der Waals surface area contributed by atoms with E-state index in [-0.39, 0.29) is 16.7 Å². The Morgan fingerprint density at radius 1 is 1.38 bits per heavy atom. The molecular weight excluding hydrogens is 274 g/mol. The molecule has 1 unspecified atom stereocenters. The first-order valence-corrected chi connectivity index (χ1v) is 6.94. The van der Waals surface area contributed by atoms with Gasteiger partial charge in [-0.25, -0.2) is 0 Å². The zero-order chi connectivity index (χ0) is 15.4. The second kappa shape index (κ2) is 6.62. The van der Waals surface area contributed by atoms with E-state index < -0.39 is 0 Å². The van der Waals surface area contributed by atoms with Crippen LogP contribution >= 0.6 is 0 Å². The van der Waals surface area contributed by atoms with Gasteiger partial charge in [-0.3, -0.25) is 10.1 Å². The van der Waals surface area contributed by atoms with Gasteiger partial charge in [0, 0.05) is 25.2 Å². The number of nitro benzene ring substituents is 1. The molecule has 1 aromatic rings. The summed E-state index contributed by atoms with van der Waals surface area (Å²) >= 11 is 0. The quantitative estimate of drug-likeness (QED) is 0.637. The van der Waals surface area contributed by atoms with Crippen LogP contribution in [0.15, 0.2) is 12.1 Å². The van der Waals surface area contributed by atoms with Crippen LogP contribution in [0.1, 0.15) is 12.8 Å². The number of hydrogen-bond donors (Lipinski definition) is 1. The van der Waals surface area contributed by atoms with Crippen LogP contribution in [0.4, 0.5) is 11.4 Å². The van der Waals surface area contributed by atoms with E-state index in [0.717, 1.165) is 25.9 Å². The fourth-order valence-electron chi connectivity index (χ4n) is 2.83. The molecular formula is C14H21N3O4. The average molecular weight is 295 g/mol. The molecule has 1 aliphatic rings. The van der Waals surface area contributed by atoms with Gasteiger partial charge in [0.2, 0.25) is 0 Å². The summed E-state index contributed by atoms with van der Waals surface area (Å²) in [4.78, 5) is 13.1. The Kier molecular flexibility index (Phi) is 4.85. The Balaban J connectivity index is 2.47. The van der Waals surface area contributed by atoms with Gasteiger partial charge in [0.25, 0.3) is 5.69 Å². The Hall–Kier alpha value is -2.02. The zero-order valence-corrected chi connectivity index (χ0v) is 12.6. The number of anilines is 1. The van der Waals surface area contributed by atoms with Gasteiger partial charge in [0.15, 0.2) is 11.5 Å². The van der Waals surface area contributed by atoms with E-state index in [9.17, 15) is 10.1 Å². The van der Waals surface area contributed by atoms with Crippen molar-refractivity contribution in [3.63, 3.8) is 0 Å². The van der Waals surface area contributed by atoms with Crippen LogP contribution in [0.25, 0.3) is 0 Å². The zero-order valence-electron chi connectivity index (χ0n) is 12.6. The van der Waals surface area contributed by atoms with Gasteiger partial charge in [0.1, 0.15) is 5.69 Å². The molecule has 116 valence electrons. The molecule has 1 atom stereocenters. The predicted octanol–water partition coefficient (Wildman–Crippen LogP) is 1.80. The number of benzene rings is 1. The van der Waals surface area contributed by atoms with E-state index >= 15 is 0 Å². The van der Waals surface area contributed by atoms with Gasteiger partial charge in [-0.05, 0) is 19.9 Å². The molecule has 0 radical (unpaired) electrons. The fourth-order valence-corrected chi connectivity index (χ4v) is 2.83. The highest BCUT2D eigenvalue weighted by atomic mass is 16.6. The summed E-state index contributed by atoms with van der Waals surface area (Å²) < 4.78 is 10.4. The molecule has 0 amide bonds. The maximum absolute atomic E-state index is 11.4. The largest absolute Gasteiger partial charge is 0.493 e. The molecule has 1 N–H and O–H groups in total. The minimum Gasteiger partial charge on any atom is -0.493 e. The minimum atomic E-state index is -0.369. The van der Waals surface area contributed by atoms with Gasteiger partial charge < -0.3 is 19.7 Å². The number of nitrogens with one attached hydrogen (secondary N) is 1. The van der Waals surface area contributed by atoms with Crippen LogP contribution in [-0.4, -0.2) is 45.3 Å². The molecule has 0 aliphatic carbocycles. The van der Waals surface area contributed by atoms with Crippen molar-refractivity contribution in [2.45, 2.75) is 18.9 Å². The SMILES string of the molecule is CNCC1CCCN1c1cc(OC)c(OC)cc1[N+](=O)[O-]. The van der Waals surface area contributed by atoms with Crippen LogP contribution in [-0.2, 0) is 0 Å². The van der Waals surface area contributed by atoms with E-state index in [2.05, 4.69) is 10.2 Å². The third-order valence-corrected chi connectivity index (χ3v) is 3.80. The molecule has 1 aromatic carbocycles. The van der Waals surface area contributed by atoms with Crippen LogP contribution in [0.2, 0.25) is 0 Å². The third kappa shape index (κ3) is 3.02. The lowest BCUT2D eigenvalue weighted by molar-refractivity contribution is -0.384. The van der Waals surface area contributed by atoms with Crippen molar-refractivity contribution < 1.29 is 14.4 Å². The minimum absolute atomic E-state index is 0.0515. The summed E-state index contributed by atoms with van der Waals surface area (Å²) in [5, 5.41) is 14.5. The van der Waals surface area contributed by atoms with E-state index in [1.165, 1.54) is 20.3 Å². The highest BCUT2D eigenvalue weighted by Crippen LogP contribution is 2.41. The second-order valence-electron chi connectivity index (χ2n) is 5.00. The molecule has 0 spiro atoms. The van der Waals surface area contributed by atoms with Gasteiger partial charge >= 0.3 is 0 Å². The highest BCUT2D eigenvalue weighted by molar-refractivity contribution is 5.70. The van der Waals surface area contributed by atoms with Gasteiger partial charge in [-0.2, -0.15) is 0 Å². The molecule has 7 heteroatoms. The Morgan fingerprint density at radius 3 is 2.62 bits per heavy atom. The Labute approximate surface area is 124 Å². The van der Waals surface area contributed by atoms with Crippen LogP contribution in [0.5, 0.6) is 11.5 Å². The number of rotatable bonds is 6.